The van der Waals surface area contributed by atoms with Gasteiger partial charge in [-0.2, -0.15) is 0 Å². The smallest absolute Gasteiger partial charge is 0.217 e. The fourth-order valence-electron chi connectivity index (χ4n) is 1.54. The van der Waals surface area contributed by atoms with Crippen LogP contribution in [0.15, 0.2) is 18.2 Å². The molecule has 0 spiro atoms. The van der Waals surface area contributed by atoms with Crippen molar-refractivity contribution in [2.24, 2.45) is 5.73 Å². The van der Waals surface area contributed by atoms with Gasteiger partial charge >= 0.3 is 0 Å². The number of amides is 1. The van der Waals surface area contributed by atoms with E-state index in [9.17, 15) is 4.79 Å². The van der Waals surface area contributed by atoms with Gasteiger partial charge in [-0.25, -0.2) is 0 Å². The van der Waals surface area contributed by atoms with Crippen molar-refractivity contribution < 1.29 is 14.3 Å². The van der Waals surface area contributed by atoms with Gasteiger partial charge in [0.15, 0.2) is 11.5 Å². The largest absolute Gasteiger partial charge is 0.493 e. The molecular formula is C13H19NO3. The molecule has 4 heteroatoms. The lowest BCUT2D eigenvalue weighted by atomic mass is 10.1. The lowest BCUT2D eigenvalue weighted by molar-refractivity contribution is -0.117. The molecule has 17 heavy (non-hydrogen) atoms. The molecule has 2 N–H and O–H groups in total. The van der Waals surface area contributed by atoms with Crippen molar-refractivity contribution in [3.8, 4) is 11.5 Å². The average molecular weight is 237 g/mol. The average Bonchev–Trinajstić information content (AvgIpc) is 2.33. The van der Waals surface area contributed by atoms with Gasteiger partial charge in [0, 0.05) is 6.42 Å². The lowest BCUT2D eigenvalue weighted by Gasteiger charge is -2.14. The van der Waals surface area contributed by atoms with E-state index in [0.29, 0.717) is 25.2 Å². The number of nitrogens with two attached hydrogens (primary N) is 1. The summed E-state index contributed by atoms with van der Waals surface area (Å²) < 4.78 is 10.9. The van der Waals surface area contributed by atoms with E-state index in [-0.39, 0.29) is 5.91 Å². The zero-order valence-corrected chi connectivity index (χ0v) is 10.4. The minimum atomic E-state index is -0.311. The molecule has 0 saturated carbocycles. The molecule has 0 aliphatic heterocycles. The summed E-state index contributed by atoms with van der Waals surface area (Å²) in [4.78, 5) is 10.8. The number of carbonyl (C=O) groups excluding carboxylic acids is 1. The first kappa shape index (κ1) is 13.4. The predicted octanol–water partition coefficient (Wildman–Crippen LogP) is 1.90. The highest BCUT2D eigenvalue weighted by Gasteiger charge is 2.10. The van der Waals surface area contributed by atoms with Crippen LogP contribution in [0, 0.1) is 0 Å². The third-order valence-corrected chi connectivity index (χ3v) is 2.37. The number of hydrogen-bond acceptors (Lipinski definition) is 3. The van der Waals surface area contributed by atoms with Crippen LogP contribution in [0.2, 0.25) is 0 Å². The van der Waals surface area contributed by atoms with Crippen LogP contribution in [-0.2, 0) is 11.2 Å². The summed E-state index contributed by atoms with van der Waals surface area (Å²) in [6, 6.07) is 5.66. The SMILES string of the molecule is CCCOc1c(CCC(N)=O)cccc1OC. The number of benzene rings is 1. The molecule has 0 radical (unpaired) electrons. The highest BCUT2D eigenvalue weighted by atomic mass is 16.5. The molecule has 0 aromatic heterocycles. The number of ether oxygens (including phenoxy) is 2. The molecule has 1 rings (SSSR count). The van der Waals surface area contributed by atoms with Crippen LogP contribution in [0.1, 0.15) is 25.3 Å². The maximum Gasteiger partial charge on any atom is 0.217 e. The number of carbonyl (C=O) groups is 1. The van der Waals surface area contributed by atoms with Gasteiger partial charge in [-0.1, -0.05) is 19.1 Å². The molecule has 94 valence electrons. The zero-order chi connectivity index (χ0) is 12.7. The molecule has 1 aromatic carbocycles. The Morgan fingerprint density at radius 1 is 1.41 bits per heavy atom. The van der Waals surface area contributed by atoms with E-state index in [0.717, 1.165) is 17.7 Å². The van der Waals surface area contributed by atoms with E-state index in [1.807, 2.05) is 25.1 Å². The third-order valence-electron chi connectivity index (χ3n) is 2.37. The van der Waals surface area contributed by atoms with Gasteiger partial charge in [-0.15, -0.1) is 0 Å². The summed E-state index contributed by atoms with van der Waals surface area (Å²) in [5, 5.41) is 0. The Morgan fingerprint density at radius 3 is 2.76 bits per heavy atom. The number of para-hydroxylation sites is 1. The molecule has 0 fully saturated rings. The Hall–Kier alpha value is -1.71. The summed E-state index contributed by atoms with van der Waals surface area (Å²) in [5.74, 6) is 1.10. The summed E-state index contributed by atoms with van der Waals surface area (Å²) >= 11 is 0. The van der Waals surface area contributed by atoms with Crippen molar-refractivity contribution in [1.82, 2.24) is 0 Å². The standard InChI is InChI=1S/C13H19NO3/c1-3-9-17-13-10(7-8-12(14)15)5-4-6-11(13)16-2/h4-6H,3,7-9H2,1-2H3,(H2,14,15). The predicted molar refractivity (Wildman–Crippen MR) is 66.3 cm³/mol. The van der Waals surface area contributed by atoms with Crippen LogP contribution in [0.3, 0.4) is 0 Å². The molecule has 0 aliphatic rings. The quantitative estimate of drug-likeness (QED) is 0.787. The first-order valence-corrected chi connectivity index (χ1v) is 5.76. The molecular weight excluding hydrogens is 218 g/mol. The van der Waals surface area contributed by atoms with Crippen LogP contribution < -0.4 is 15.2 Å². The highest BCUT2D eigenvalue weighted by molar-refractivity contribution is 5.74. The van der Waals surface area contributed by atoms with Crippen LogP contribution in [0.25, 0.3) is 0 Å². The normalized spacial score (nSPS) is 10.0. The number of methoxy groups -OCH3 is 1. The molecule has 0 bridgehead atoms. The minimum absolute atomic E-state index is 0.311. The summed E-state index contributed by atoms with van der Waals surface area (Å²) in [7, 11) is 1.60. The molecule has 0 saturated heterocycles. The van der Waals surface area contributed by atoms with Gasteiger partial charge in [-0.05, 0) is 24.5 Å². The van der Waals surface area contributed by atoms with Crippen molar-refractivity contribution in [2.75, 3.05) is 13.7 Å². The second-order valence-corrected chi connectivity index (χ2v) is 3.76. The van der Waals surface area contributed by atoms with Crippen LogP contribution in [-0.4, -0.2) is 19.6 Å². The van der Waals surface area contributed by atoms with Gasteiger partial charge in [0.1, 0.15) is 0 Å². The van der Waals surface area contributed by atoms with E-state index in [4.69, 9.17) is 15.2 Å². The van der Waals surface area contributed by atoms with Gasteiger partial charge in [-0.3, -0.25) is 4.79 Å². The summed E-state index contributed by atoms with van der Waals surface area (Å²) in [5.41, 5.74) is 6.11. The van der Waals surface area contributed by atoms with Crippen molar-refractivity contribution in [3.63, 3.8) is 0 Å². The summed E-state index contributed by atoms with van der Waals surface area (Å²) in [6.07, 6.45) is 1.81. The molecule has 1 aromatic rings. The van der Waals surface area contributed by atoms with Gasteiger partial charge in [0.2, 0.25) is 5.91 Å². The fraction of sp³-hybridized carbons (Fsp3) is 0.462. The van der Waals surface area contributed by atoms with E-state index in [1.165, 1.54) is 0 Å². The van der Waals surface area contributed by atoms with Crippen molar-refractivity contribution in [1.29, 1.82) is 0 Å². The number of hydrogen-bond donors (Lipinski definition) is 1. The Morgan fingerprint density at radius 2 is 2.18 bits per heavy atom. The van der Waals surface area contributed by atoms with Crippen LogP contribution >= 0.6 is 0 Å². The molecule has 1 amide bonds. The monoisotopic (exact) mass is 237 g/mol. The number of aryl methyl sites for hydroxylation is 1. The van der Waals surface area contributed by atoms with E-state index >= 15 is 0 Å². The van der Waals surface area contributed by atoms with Gasteiger partial charge in [0.25, 0.3) is 0 Å². The van der Waals surface area contributed by atoms with Gasteiger partial charge < -0.3 is 15.2 Å². The fourth-order valence-corrected chi connectivity index (χ4v) is 1.54. The van der Waals surface area contributed by atoms with E-state index in [1.54, 1.807) is 7.11 Å². The number of primary amides is 1. The van der Waals surface area contributed by atoms with E-state index in [2.05, 4.69) is 0 Å². The zero-order valence-electron chi connectivity index (χ0n) is 10.4. The molecule has 0 unspecified atom stereocenters. The maximum absolute atomic E-state index is 10.8. The maximum atomic E-state index is 10.8. The third kappa shape index (κ3) is 3.98. The summed E-state index contributed by atoms with van der Waals surface area (Å²) in [6.45, 7) is 2.67. The topological polar surface area (TPSA) is 61.5 Å². The van der Waals surface area contributed by atoms with Crippen LogP contribution in [0.5, 0.6) is 11.5 Å². The van der Waals surface area contributed by atoms with Crippen molar-refractivity contribution in [3.05, 3.63) is 23.8 Å². The Kier molecular flexibility index (Phi) is 5.33. The Balaban J connectivity index is 2.88. The molecule has 0 aliphatic carbocycles. The first-order valence-electron chi connectivity index (χ1n) is 5.76. The molecule has 0 heterocycles. The second-order valence-electron chi connectivity index (χ2n) is 3.76. The van der Waals surface area contributed by atoms with Gasteiger partial charge in [0.05, 0.1) is 13.7 Å². The van der Waals surface area contributed by atoms with Crippen molar-refractivity contribution in [2.45, 2.75) is 26.2 Å². The Bertz CT molecular complexity index is 377. The van der Waals surface area contributed by atoms with E-state index < -0.39 is 0 Å². The lowest BCUT2D eigenvalue weighted by Crippen LogP contribution is -2.12. The second kappa shape index (κ2) is 6.78. The highest BCUT2D eigenvalue weighted by Crippen LogP contribution is 2.31. The molecule has 0 atom stereocenters. The minimum Gasteiger partial charge on any atom is -0.493 e. The van der Waals surface area contributed by atoms with Crippen molar-refractivity contribution >= 4 is 5.91 Å². The van der Waals surface area contributed by atoms with Crippen LogP contribution in [0.4, 0.5) is 0 Å². The molecule has 4 nitrogen and oxygen atoms in total. The number of rotatable bonds is 7. The Labute approximate surface area is 102 Å². The first-order chi connectivity index (χ1) is 8.19.